The molecule has 22 heavy (non-hydrogen) atoms. The second-order valence-corrected chi connectivity index (χ2v) is 9.81. The molecule has 0 aliphatic heterocycles. The Bertz CT molecular complexity index is 432. The molecule has 126 valence electrons. The van der Waals surface area contributed by atoms with Crippen LogP contribution in [-0.2, 0) is 0 Å². The highest BCUT2D eigenvalue weighted by Crippen LogP contribution is 2.67. The van der Waals surface area contributed by atoms with E-state index in [2.05, 4.69) is 20.8 Å². The normalized spacial score (nSPS) is 57.8. The zero-order valence-electron chi connectivity index (χ0n) is 15.0. The maximum absolute atomic E-state index is 10.1. The standard InChI is InChI=1S/C21H36O/c1-4-14-6-8-18-17-7-5-15-13-16(22)9-11-21(15,3)19(17)10-12-20(14,18)2/h14-19,22H,4-13H2,1-3H3/t14-,15-,16-,17?,18?,19?,20+,21?/m0/s1. The Morgan fingerprint density at radius 1 is 0.864 bits per heavy atom. The summed E-state index contributed by atoms with van der Waals surface area (Å²) in [5.74, 6) is 4.79. The molecule has 4 aliphatic carbocycles. The van der Waals surface area contributed by atoms with E-state index in [1.165, 1.54) is 51.4 Å². The SMILES string of the molecule is CC[C@H]1CCC2C3CC[C@H]4C[C@@H](O)CCC4(C)C3CC[C@@]21C. The van der Waals surface area contributed by atoms with E-state index in [9.17, 15) is 5.11 Å². The summed E-state index contributed by atoms with van der Waals surface area (Å²) < 4.78 is 0. The first-order chi connectivity index (χ1) is 10.5. The molecule has 1 heteroatoms. The van der Waals surface area contributed by atoms with Crippen molar-refractivity contribution in [2.75, 3.05) is 0 Å². The molecule has 4 aliphatic rings. The second-order valence-electron chi connectivity index (χ2n) is 9.81. The summed E-state index contributed by atoms with van der Waals surface area (Å²) in [5.41, 5.74) is 1.21. The van der Waals surface area contributed by atoms with Crippen molar-refractivity contribution >= 4 is 0 Å². The van der Waals surface area contributed by atoms with E-state index in [1.807, 2.05) is 0 Å². The van der Waals surface area contributed by atoms with Crippen LogP contribution in [0.1, 0.15) is 85.0 Å². The van der Waals surface area contributed by atoms with Crippen LogP contribution in [0.5, 0.6) is 0 Å². The summed E-state index contributed by atoms with van der Waals surface area (Å²) >= 11 is 0. The predicted octanol–water partition coefficient (Wildman–Crippen LogP) is 5.42. The van der Waals surface area contributed by atoms with Gasteiger partial charge in [0.2, 0.25) is 0 Å². The molecule has 0 saturated heterocycles. The van der Waals surface area contributed by atoms with E-state index in [1.54, 1.807) is 0 Å². The van der Waals surface area contributed by atoms with Crippen molar-refractivity contribution in [1.82, 2.24) is 0 Å². The maximum atomic E-state index is 10.1. The number of aliphatic hydroxyl groups is 1. The van der Waals surface area contributed by atoms with Gasteiger partial charge in [-0.1, -0.05) is 27.2 Å². The third-order valence-corrected chi connectivity index (χ3v) is 9.33. The number of aliphatic hydroxyl groups excluding tert-OH is 1. The van der Waals surface area contributed by atoms with Gasteiger partial charge >= 0.3 is 0 Å². The van der Waals surface area contributed by atoms with Crippen LogP contribution in [0, 0.1) is 40.4 Å². The van der Waals surface area contributed by atoms with E-state index < -0.39 is 0 Å². The summed E-state index contributed by atoms with van der Waals surface area (Å²) in [6, 6.07) is 0. The van der Waals surface area contributed by atoms with Crippen molar-refractivity contribution in [1.29, 1.82) is 0 Å². The van der Waals surface area contributed by atoms with Gasteiger partial charge in [0.05, 0.1) is 6.10 Å². The van der Waals surface area contributed by atoms with Gasteiger partial charge in [-0.05, 0) is 98.2 Å². The lowest BCUT2D eigenvalue weighted by Gasteiger charge is -2.61. The first-order valence-electron chi connectivity index (χ1n) is 10.2. The minimum Gasteiger partial charge on any atom is -0.393 e. The topological polar surface area (TPSA) is 20.2 Å². The second kappa shape index (κ2) is 5.23. The molecule has 0 spiro atoms. The van der Waals surface area contributed by atoms with Crippen LogP contribution in [-0.4, -0.2) is 11.2 Å². The van der Waals surface area contributed by atoms with Gasteiger partial charge in [-0.2, -0.15) is 0 Å². The van der Waals surface area contributed by atoms with Crippen molar-refractivity contribution in [3.8, 4) is 0 Å². The van der Waals surface area contributed by atoms with Gasteiger partial charge < -0.3 is 5.11 Å². The summed E-state index contributed by atoms with van der Waals surface area (Å²) in [7, 11) is 0. The monoisotopic (exact) mass is 304 g/mol. The summed E-state index contributed by atoms with van der Waals surface area (Å²) in [5, 5.41) is 10.1. The van der Waals surface area contributed by atoms with Crippen molar-refractivity contribution in [2.45, 2.75) is 91.1 Å². The fraction of sp³-hybridized carbons (Fsp3) is 1.00. The summed E-state index contributed by atoms with van der Waals surface area (Å²) in [6.07, 6.45) is 13.7. The Morgan fingerprint density at radius 3 is 2.36 bits per heavy atom. The Labute approximate surface area is 137 Å². The van der Waals surface area contributed by atoms with Crippen LogP contribution < -0.4 is 0 Å². The molecule has 1 nitrogen and oxygen atoms in total. The molecule has 0 radical (unpaired) electrons. The zero-order valence-corrected chi connectivity index (χ0v) is 15.0. The van der Waals surface area contributed by atoms with Crippen LogP contribution in [0.4, 0.5) is 0 Å². The highest BCUT2D eigenvalue weighted by atomic mass is 16.3. The fourth-order valence-corrected chi connectivity index (χ4v) is 8.01. The molecule has 0 aromatic rings. The minimum atomic E-state index is -0.000524. The molecule has 4 fully saturated rings. The molecule has 0 amide bonds. The van der Waals surface area contributed by atoms with Crippen molar-refractivity contribution in [3.05, 3.63) is 0 Å². The van der Waals surface area contributed by atoms with Gasteiger partial charge in [0.15, 0.2) is 0 Å². The van der Waals surface area contributed by atoms with Crippen LogP contribution in [0.15, 0.2) is 0 Å². The molecular formula is C21H36O. The van der Waals surface area contributed by atoms with Gasteiger partial charge in [0, 0.05) is 0 Å². The Balaban J connectivity index is 1.61. The van der Waals surface area contributed by atoms with Crippen LogP contribution in [0.3, 0.4) is 0 Å². The third-order valence-electron chi connectivity index (χ3n) is 9.33. The lowest BCUT2D eigenvalue weighted by Crippen LogP contribution is -2.53. The Kier molecular flexibility index (Phi) is 3.68. The Hall–Kier alpha value is -0.0400. The van der Waals surface area contributed by atoms with Crippen LogP contribution in [0.2, 0.25) is 0 Å². The van der Waals surface area contributed by atoms with Gasteiger partial charge in [-0.15, -0.1) is 0 Å². The summed E-state index contributed by atoms with van der Waals surface area (Å²) in [4.78, 5) is 0. The number of fused-ring (bicyclic) bond motifs is 5. The molecule has 0 bridgehead atoms. The van der Waals surface area contributed by atoms with Gasteiger partial charge in [0.25, 0.3) is 0 Å². The first-order valence-corrected chi connectivity index (χ1v) is 10.2. The summed E-state index contributed by atoms with van der Waals surface area (Å²) in [6.45, 7) is 7.68. The van der Waals surface area contributed by atoms with Gasteiger partial charge in [-0.25, -0.2) is 0 Å². The predicted molar refractivity (Wildman–Crippen MR) is 91.5 cm³/mol. The molecule has 0 heterocycles. The van der Waals surface area contributed by atoms with E-state index >= 15 is 0 Å². The third kappa shape index (κ3) is 2.00. The molecule has 4 unspecified atom stereocenters. The van der Waals surface area contributed by atoms with Crippen molar-refractivity contribution in [3.63, 3.8) is 0 Å². The molecule has 4 saturated carbocycles. The lowest BCUT2D eigenvalue weighted by atomic mass is 9.44. The smallest absolute Gasteiger partial charge is 0.0543 e. The number of hydrogen-bond donors (Lipinski definition) is 1. The van der Waals surface area contributed by atoms with Crippen LogP contribution >= 0.6 is 0 Å². The largest absolute Gasteiger partial charge is 0.393 e. The average Bonchev–Trinajstić information content (AvgIpc) is 2.84. The van der Waals surface area contributed by atoms with Crippen molar-refractivity contribution in [2.24, 2.45) is 40.4 Å². The molecule has 8 atom stereocenters. The highest BCUT2D eigenvalue weighted by Gasteiger charge is 2.59. The average molecular weight is 305 g/mol. The number of rotatable bonds is 1. The maximum Gasteiger partial charge on any atom is 0.0543 e. The van der Waals surface area contributed by atoms with Gasteiger partial charge in [0.1, 0.15) is 0 Å². The lowest BCUT2D eigenvalue weighted by molar-refractivity contribution is -0.126. The molecular weight excluding hydrogens is 268 g/mol. The van der Waals surface area contributed by atoms with E-state index in [-0.39, 0.29) is 6.10 Å². The highest BCUT2D eigenvalue weighted by molar-refractivity contribution is 5.08. The Morgan fingerprint density at radius 2 is 1.59 bits per heavy atom. The van der Waals surface area contributed by atoms with E-state index in [0.29, 0.717) is 10.8 Å². The van der Waals surface area contributed by atoms with E-state index in [0.717, 1.165) is 42.4 Å². The molecule has 0 aromatic heterocycles. The van der Waals surface area contributed by atoms with Crippen LogP contribution in [0.25, 0.3) is 0 Å². The molecule has 1 N–H and O–H groups in total. The van der Waals surface area contributed by atoms with Gasteiger partial charge in [-0.3, -0.25) is 0 Å². The number of hydrogen-bond acceptors (Lipinski definition) is 1. The first kappa shape index (κ1) is 15.5. The fourth-order valence-electron chi connectivity index (χ4n) is 8.01. The molecule has 0 aromatic carbocycles. The quantitative estimate of drug-likeness (QED) is 0.686. The van der Waals surface area contributed by atoms with E-state index in [4.69, 9.17) is 0 Å². The van der Waals surface area contributed by atoms with Crippen molar-refractivity contribution < 1.29 is 5.11 Å². The minimum absolute atomic E-state index is 0.000524. The molecule has 4 rings (SSSR count). The zero-order chi connectivity index (χ0) is 15.5.